The van der Waals surface area contributed by atoms with Crippen LogP contribution in [-0.4, -0.2) is 16.8 Å². The van der Waals surface area contributed by atoms with Crippen LogP contribution in [0.1, 0.15) is 62.3 Å². The molecule has 0 aromatic heterocycles. The van der Waals surface area contributed by atoms with Crippen molar-refractivity contribution in [1.82, 2.24) is 0 Å². The Morgan fingerprint density at radius 1 is 0.400 bits per heavy atom. The molecule has 3 rings (SSSR count). The van der Waals surface area contributed by atoms with Gasteiger partial charge in [-0.25, -0.2) is 0 Å². The molecule has 3 aromatic carbocycles. The first-order valence-corrected chi connectivity index (χ1v) is 13.0. The molecular formula is C30H39BrO3S. The highest BCUT2D eigenvalue weighted by atomic mass is 79.9. The molecule has 0 heterocycles. The Labute approximate surface area is 225 Å². The van der Waals surface area contributed by atoms with E-state index in [9.17, 15) is 0 Å². The zero-order valence-corrected chi connectivity index (χ0v) is 24.8. The van der Waals surface area contributed by atoms with E-state index in [0.29, 0.717) is 0 Å². The lowest BCUT2D eigenvalue weighted by atomic mass is 10.2. The number of hydrogen-bond donors (Lipinski definition) is 0. The van der Waals surface area contributed by atoms with Crippen molar-refractivity contribution in [3.63, 3.8) is 0 Å². The summed E-state index contributed by atoms with van der Waals surface area (Å²) >= 11 is 0. The van der Waals surface area contributed by atoms with Gasteiger partial charge in [0, 0.05) is 0 Å². The predicted octanol–water partition coefficient (Wildman–Crippen LogP) is 5.32. The van der Waals surface area contributed by atoms with Gasteiger partial charge < -0.3 is 31.2 Å². The molecule has 0 aliphatic heterocycles. The summed E-state index contributed by atoms with van der Waals surface area (Å²) in [6.45, 7) is 18.6. The van der Waals surface area contributed by atoms with Crippen molar-refractivity contribution < 1.29 is 31.2 Å². The van der Waals surface area contributed by atoms with Crippen LogP contribution in [0.3, 0.4) is 0 Å². The molecule has 3 aromatic rings. The standard InChI is InChI=1S/C30H39O3S.BrH/c1-28(2,3)31-22-10-16-25(17-11-22)34(26-18-12-23(13-19-26)32-29(4,5)6)27-20-14-24(15-21-27)33-30(7,8)9;/h10-21H,1-9H3;1H/q+1;/p-1. The van der Waals surface area contributed by atoms with Crippen molar-refractivity contribution in [2.24, 2.45) is 0 Å². The molecule has 0 saturated heterocycles. The van der Waals surface area contributed by atoms with E-state index in [1.54, 1.807) is 0 Å². The van der Waals surface area contributed by atoms with E-state index in [2.05, 4.69) is 135 Å². The van der Waals surface area contributed by atoms with Crippen molar-refractivity contribution in [3.8, 4) is 17.2 Å². The lowest BCUT2D eigenvalue weighted by Gasteiger charge is -2.22. The third kappa shape index (κ3) is 9.46. The quantitative estimate of drug-likeness (QED) is 0.383. The van der Waals surface area contributed by atoms with E-state index >= 15 is 0 Å². The second-order valence-electron chi connectivity index (χ2n) is 11.4. The predicted molar refractivity (Wildman–Crippen MR) is 143 cm³/mol. The van der Waals surface area contributed by atoms with E-state index in [4.69, 9.17) is 14.2 Å². The highest BCUT2D eigenvalue weighted by Crippen LogP contribution is 2.35. The third-order valence-electron chi connectivity index (χ3n) is 4.45. The highest BCUT2D eigenvalue weighted by Gasteiger charge is 2.29. The average molecular weight is 560 g/mol. The van der Waals surface area contributed by atoms with Crippen LogP contribution in [0.4, 0.5) is 0 Å². The normalized spacial score (nSPS) is 12.2. The van der Waals surface area contributed by atoms with Gasteiger partial charge in [0.15, 0.2) is 14.7 Å². The van der Waals surface area contributed by atoms with E-state index in [-0.39, 0.29) is 44.7 Å². The minimum Gasteiger partial charge on any atom is -1.00 e. The summed E-state index contributed by atoms with van der Waals surface area (Å²) < 4.78 is 18.1. The summed E-state index contributed by atoms with van der Waals surface area (Å²) in [4.78, 5) is 3.70. The molecule has 35 heavy (non-hydrogen) atoms. The van der Waals surface area contributed by atoms with Gasteiger partial charge in [-0.2, -0.15) is 0 Å². The van der Waals surface area contributed by atoms with Crippen LogP contribution >= 0.6 is 0 Å². The van der Waals surface area contributed by atoms with Gasteiger partial charge in [-0.05, 0) is 135 Å². The fourth-order valence-electron chi connectivity index (χ4n) is 3.40. The number of ether oxygens (including phenoxy) is 3. The summed E-state index contributed by atoms with van der Waals surface area (Å²) in [5, 5.41) is 0. The summed E-state index contributed by atoms with van der Waals surface area (Å²) in [7, 11) is -0.276. The fourth-order valence-corrected chi connectivity index (χ4v) is 5.44. The number of halogens is 1. The van der Waals surface area contributed by atoms with Crippen LogP contribution in [-0.2, 0) is 10.9 Å². The number of hydrogen-bond acceptors (Lipinski definition) is 3. The van der Waals surface area contributed by atoms with E-state index in [0.717, 1.165) is 17.2 Å². The molecular weight excluding hydrogens is 520 g/mol. The Morgan fingerprint density at radius 3 is 0.771 bits per heavy atom. The second kappa shape index (κ2) is 11.3. The number of benzene rings is 3. The summed E-state index contributed by atoms with van der Waals surface area (Å²) in [6, 6.07) is 25.4. The van der Waals surface area contributed by atoms with E-state index in [1.807, 2.05) is 0 Å². The molecule has 0 amide bonds. The van der Waals surface area contributed by atoms with Gasteiger partial charge in [-0.1, -0.05) is 0 Å². The van der Waals surface area contributed by atoms with Gasteiger partial charge in [-0.15, -0.1) is 0 Å². The number of rotatable bonds is 6. The lowest BCUT2D eigenvalue weighted by molar-refractivity contribution is -0.0000186. The molecule has 0 aliphatic rings. The first-order valence-electron chi connectivity index (χ1n) is 11.8. The van der Waals surface area contributed by atoms with Gasteiger partial charge in [-0.3, -0.25) is 0 Å². The molecule has 0 bridgehead atoms. The molecule has 0 N–H and O–H groups in total. The van der Waals surface area contributed by atoms with Gasteiger partial charge in [0.1, 0.15) is 34.1 Å². The molecule has 190 valence electrons. The molecule has 3 nitrogen and oxygen atoms in total. The first kappa shape index (κ1) is 29.1. The minimum atomic E-state index is -0.276. The Balaban J connectivity index is 0.00000432. The lowest BCUT2D eigenvalue weighted by Crippen LogP contribution is -3.00. The van der Waals surface area contributed by atoms with Crippen LogP contribution in [0.2, 0.25) is 0 Å². The molecule has 0 unspecified atom stereocenters. The molecule has 0 aliphatic carbocycles. The van der Waals surface area contributed by atoms with Gasteiger partial charge in [0.2, 0.25) is 0 Å². The molecule has 0 radical (unpaired) electrons. The Bertz CT molecular complexity index is 914. The maximum absolute atomic E-state index is 6.04. The Morgan fingerprint density at radius 2 is 0.600 bits per heavy atom. The average Bonchev–Trinajstić information content (AvgIpc) is 2.69. The first-order chi connectivity index (χ1) is 15.7. The van der Waals surface area contributed by atoms with Gasteiger partial charge in [0.25, 0.3) is 0 Å². The van der Waals surface area contributed by atoms with Crippen LogP contribution in [0.25, 0.3) is 0 Å². The smallest absolute Gasteiger partial charge is 0.166 e. The third-order valence-corrected chi connectivity index (χ3v) is 6.68. The van der Waals surface area contributed by atoms with Gasteiger partial charge >= 0.3 is 0 Å². The van der Waals surface area contributed by atoms with Crippen molar-refractivity contribution in [1.29, 1.82) is 0 Å². The molecule has 5 heteroatoms. The van der Waals surface area contributed by atoms with Crippen molar-refractivity contribution in [2.45, 2.75) is 93.8 Å². The van der Waals surface area contributed by atoms with Crippen molar-refractivity contribution in [2.75, 3.05) is 0 Å². The Kier molecular flexibility index (Phi) is 9.40. The SMILES string of the molecule is CC(C)(C)Oc1ccc([S+](c2ccc(OC(C)(C)C)cc2)c2ccc(OC(C)(C)C)cc2)cc1.[Br-]. The molecule has 0 spiro atoms. The van der Waals surface area contributed by atoms with Crippen LogP contribution in [0.5, 0.6) is 17.2 Å². The van der Waals surface area contributed by atoms with Crippen LogP contribution in [0.15, 0.2) is 87.5 Å². The van der Waals surface area contributed by atoms with Crippen molar-refractivity contribution in [3.05, 3.63) is 72.8 Å². The zero-order valence-electron chi connectivity index (χ0n) is 22.4. The molecule has 0 saturated carbocycles. The minimum absolute atomic E-state index is 0. The Hall–Kier alpha value is -2.11. The van der Waals surface area contributed by atoms with E-state index < -0.39 is 0 Å². The molecule has 0 atom stereocenters. The molecule has 0 fully saturated rings. The maximum atomic E-state index is 6.04. The largest absolute Gasteiger partial charge is 1.00 e. The zero-order chi connectivity index (χ0) is 25.1. The maximum Gasteiger partial charge on any atom is 0.166 e. The highest BCUT2D eigenvalue weighted by molar-refractivity contribution is 7.97. The van der Waals surface area contributed by atoms with Crippen LogP contribution < -0.4 is 31.2 Å². The second-order valence-corrected chi connectivity index (χ2v) is 13.4. The summed E-state index contributed by atoms with van der Waals surface area (Å²) in [5.74, 6) is 2.63. The fraction of sp³-hybridized carbons (Fsp3) is 0.400. The summed E-state index contributed by atoms with van der Waals surface area (Å²) in [6.07, 6.45) is 0. The van der Waals surface area contributed by atoms with Gasteiger partial charge in [0.05, 0.1) is 10.9 Å². The van der Waals surface area contributed by atoms with Crippen LogP contribution in [0, 0.1) is 0 Å². The summed E-state index contributed by atoms with van der Waals surface area (Å²) in [5.41, 5.74) is -0.682. The van der Waals surface area contributed by atoms with E-state index in [1.165, 1.54) is 14.7 Å². The topological polar surface area (TPSA) is 27.7 Å². The monoisotopic (exact) mass is 558 g/mol. The van der Waals surface area contributed by atoms with Crippen molar-refractivity contribution >= 4 is 10.9 Å².